The number of ether oxygens (including phenoxy) is 2. The molecule has 2 aromatic carbocycles. The maximum atomic E-state index is 6.28. The SMILES string of the molecule is c1ccc2c([SH+]C3CCOCC3)ccc(OCC3CCCCC3)c2c1. The fourth-order valence-corrected chi connectivity index (χ4v) is 5.42. The molecule has 0 radical (unpaired) electrons. The van der Waals surface area contributed by atoms with E-state index in [9.17, 15) is 0 Å². The van der Waals surface area contributed by atoms with Crippen LogP contribution in [0.2, 0.25) is 0 Å². The molecule has 0 unspecified atom stereocenters. The maximum Gasteiger partial charge on any atom is 0.160 e. The molecular weight excluding hydrogens is 328 g/mol. The van der Waals surface area contributed by atoms with Crippen LogP contribution in [0.15, 0.2) is 41.3 Å². The number of rotatable bonds is 5. The van der Waals surface area contributed by atoms with Gasteiger partial charge in [-0.05, 0) is 37.0 Å². The van der Waals surface area contributed by atoms with E-state index in [4.69, 9.17) is 9.47 Å². The molecule has 0 atom stereocenters. The predicted octanol–water partition coefficient (Wildman–Crippen LogP) is 5.15. The highest BCUT2D eigenvalue weighted by Crippen LogP contribution is 2.32. The van der Waals surface area contributed by atoms with E-state index >= 15 is 0 Å². The van der Waals surface area contributed by atoms with Crippen molar-refractivity contribution in [2.75, 3.05) is 19.8 Å². The highest BCUT2D eigenvalue weighted by Gasteiger charge is 2.24. The van der Waals surface area contributed by atoms with E-state index in [0.29, 0.717) is 0 Å². The standard InChI is InChI=1S/C22H28O2S/c1-2-6-17(7-3-1)16-24-21-10-11-22(20-9-5-4-8-19(20)21)25-18-12-14-23-15-13-18/h4-5,8-11,17-18H,1-3,6-7,12-16H2/p+1. The third kappa shape index (κ3) is 4.32. The minimum Gasteiger partial charge on any atom is -0.493 e. The van der Waals surface area contributed by atoms with E-state index in [1.807, 2.05) is 0 Å². The van der Waals surface area contributed by atoms with Crippen LogP contribution in [0.5, 0.6) is 5.75 Å². The first-order chi connectivity index (χ1) is 12.4. The lowest BCUT2D eigenvalue weighted by molar-refractivity contribution is 0.0998. The fraction of sp³-hybridized carbons (Fsp3) is 0.545. The number of fused-ring (bicyclic) bond motifs is 1. The Labute approximate surface area is 155 Å². The van der Waals surface area contributed by atoms with E-state index < -0.39 is 0 Å². The first kappa shape index (κ1) is 17.2. The monoisotopic (exact) mass is 357 g/mol. The summed E-state index contributed by atoms with van der Waals surface area (Å²) in [7, 11) is 0. The Bertz CT molecular complexity index is 687. The quantitative estimate of drug-likeness (QED) is 0.544. The minimum atomic E-state index is 0.728. The van der Waals surface area contributed by atoms with Gasteiger partial charge in [0.05, 0.1) is 19.8 Å². The summed E-state index contributed by atoms with van der Waals surface area (Å²) >= 11 is 1.44. The van der Waals surface area contributed by atoms with Crippen molar-refractivity contribution in [3.05, 3.63) is 36.4 Å². The number of benzene rings is 2. The van der Waals surface area contributed by atoms with Gasteiger partial charge in [-0.2, -0.15) is 0 Å². The minimum absolute atomic E-state index is 0.728. The molecule has 0 amide bonds. The van der Waals surface area contributed by atoms with Gasteiger partial charge in [-0.15, -0.1) is 0 Å². The lowest BCUT2D eigenvalue weighted by Crippen LogP contribution is -2.22. The summed E-state index contributed by atoms with van der Waals surface area (Å²) in [4.78, 5) is 1.44. The Kier molecular flexibility index (Phi) is 5.83. The fourth-order valence-electron chi connectivity index (χ4n) is 4.07. The molecule has 1 aliphatic heterocycles. The Morgan fingerprint density at radius 3 is 2.44 bits per heavy atom. The topological polar surface area (TPSA) is 18.5 Å². The number of thiol groups is 1. The van der Waals surface area contributed by atoms with E-state index in [-0.39, 0.29) is 0 Å². The molecule has 25 heavy (non-hydrogen) atoms. The van der Waals surface area contributed by atoms with E-state index in [2.05, 4.69) is 36.4 Å². The molecule has 134 valence electrons. The van der Waals surface area contributed by atoms with Crippen molar-refractivity contribution >= 4 is 22.5 Å². The smallest absolute Gasteiger partial charge is 0.160 e. The molecule has 0 spiro atoms. The normalized spacial score (nSPS) is 20.0. The summed E-state index contributed by atoms with van der Waals surface area (Å²) in [6.07, 6.45) is 9.16. The van der Waals surface area contributed by atoms with Gasteiger partial charge in [-0.3, -0.25) is 0 Å². The number of hydrogen-bond acceptors (Lipinski definition) is 2. The van der Waals surface area contributed by atoms with Gasteiger partial charge in [0, 0.05) is 35.4 Å². The molecule has 2 nitrogen and oxygen atoms in total. The van der Waals surface area contributed by atoms with Crippen LogP contribution in [0.1, 0.15) is 44.9 Å². The van der Waals surface area contributed by atoms with Crippen molar-refractivity contribution in [3.63, 3.8) is 0 Å². The van der Waals surface area contributed by atoms with Gasteiger partial charge in [0.2, 0.25) is 0 Å². The van der Waals surface area contributed by atoms with Crippen molar-refractivity contribution in [1.82, 2.24) is 0 Å². The molecule has 4 rings (SSSR count). The zero-order valence-electron chi connectivity index (χ0n) is 15.0. The Balaban J connectivity index is 1.51. The second-order valence-electron chi connectivity index (χ2n) is 7.42. The van der Waals surface area contributed by atoms with Crippen LogP contribution in [0.25, 0.3) is 10.8 Å². The summed E-state index contributed by atoms with van der Waals surface area (Å²) in [5, 5.41) is 3.36. The first-order valence-corrected chi connectivity index (χ1v) is 10.8. The highest BCUT2D eigenvalue weighted by molar-refractivity contribution is 7.79. The molecule has 1 saturated carbocycles. The van der Waals surface area contributed by atoms with Gasteiger partial charge in [0.1, 0.15) is 11.0 Å². The third-order valence-corrected chi connectivity index (χ3v) is 7.12. The van der Waals surface area contributed by atoms with E-state index in [1.165, 1.54) is 72.4 Å². The molecule has 0 bridgehead atoms. The largest absolute Gasteiger partial charge is 0.493 e. The lowest BCUT2D eigenvalue weighted by Gasteiger charge is -2.22. The van der Waals surface area contributed by atoms with Gasteiger partial charge in [0.15, 0.2) is 4.90 Å². The second kappa shape index (κ2) is 8.46. The summed E-state index contributed by atoms with van der Waals surface area (Å²) < 4.78 is 11.8. The van der Waals surface area contributed by atoms with Gasteiger partial charge in [0.25, 0.3) is 0 Å². The Hall–Kier alpha value is -1.19. The summed E-state index contributed by atoms with van der Waals surface area (Å²) in [6.45, 7) is 2.71. The first-order valence-electron chi connectivity index (χ1n) is 9.83. The highest BCUT2D eigenvalue weighted by atomic mass is 32.2. The van der Waals surface area contributed by atoms with Crippen molar-refractivity contribution in [3.8, 4) is 5.75 Å². The van der Waals surface area contributed by atoms with E-state index in [1.54, 1.807) is 0 Å². The van der Waals surface area contributed by atoms with Gasteiger partial charge < -0.3 is 9.47 Å². The maximum absolute atomic E-state index is 6.28. The third-order valence-electron chi connectivity index (χ3n) is 5.57. The average molecular weight is 358 g/mol. The molecule has 1 heterocycles. The van der Waals surface area contributed by atoms with Crippen LogP contribution >= 0.6 is 0 Å². The van der Waals surface area contributed by atoms with Crippen LogP contribution in [-0.2, 0) is 16.5 Å². The summed E-state index contributed by atoms with van der Waals surface area (Å²) in [5.41, 5.74) is 0. The average Bonchev–Trinajstić information content (AvgIpc) is 2.69. The van der Waals surface area contributed by atoms with Crippen LogP contribution in [-0.4, -0.2) is 25.1 Å². The van der Waals surface area contributed by atoms with Crippen molar-refractivity contribution in [2.45, 2.75) is 55.1 Å². The zero-order valence-corrected chi connectivity index (χ0v) is 15.8. The van der Waals surface area contributed by atoms with Gasteiger partial charge in [-0.1, -0.05) is 37.5 Å². The van der Waals surface area contributed by atoms with Crippen LogP contribution in [0.3, 0.4) is 0 Å². The number of hydrogen-bond donors (Lipinski definition) is 0. The summed E-state index contributed by atoms with van der Waals surface area (Å²) in [6, 6.07) is 13.2. The molecule has 0 aromatic heterocycles. The van der Waals surface area contributed by atoms with Crippen LogP contribution in [0.4, 0.5) is 0 Å². The molecule has 2 aromatic rings. The zero-order chi connectivity index (χ0) is 16.9. The molecule has 0 N–H and O–H groups in total. The Morgan fingerprint density at radius 1 is 0.880 bits per heavy atom. The van der Waals surface area contributed by atoms with Crippen LogP contribution < -0.4 is 4.74 Å². The van der Waals surface area contributed by atoms with Gasteiger partial charge >= 0.3 is 0 Å². The van der Waals surface area contributed by atoms with Crippen molar-refractivity contribution in [1.29, 1.82) is 0 Å². The van der Waals surface area contributed by atoms with Crippen molar-refractivity contribution < 1.29 is 9.47 Å². The van der Waals surface area contributed by atoms with Gasteiger partial charge in [-0.25, -0.2) is 0 Å². The van der Waals surface area contributed by atoms with E-state index in [0.717, 1.165) is 36.7 Å². The summed E-state index contributed by atoms with van der Waals surface area (Å²) in [5.74, 6) is 1.81. The molecule has 3 heteroatoms. The lowest BCUT2D eigenvalue weighted by atomic mass is 9.90. The van der Waals surface area contributed by atoms with Crippen molar-refractivity contribution in [2.24, 2.45) is 5.92 Å². The predicted molar refractivity (Wildman–Crippen MR) is 107 cm³/mol. The molecule has 1 aliphatic carbocycles. The molecular formula is C22H29O2S+. The Morgan fingerprint density at radius 2 is 1.64 bits per heavy atom. The molecule has 2 fully saturated rings. The molecule has 1 saturated heterocycles. The van der Waals surface area contributed by atoms with Crippen LogP contribution in [0, 0.1) is 5.92 Å². The second-order valence-corrected chi connectivity index (χ2v) is 8.89. The molecule has 2 aliphatic rings.